The molecule has 146 valence electrons. The molecule has 0 aliphatic heterocycles. The topological polar surface area (TPSA) is 97.3 Å². The lowest BCUT2D eigenvalue weighted by Crippen LogP contribution is -2.04. The standard InChI is InChI=1S/C21H23N3O4/c1-27-17-11-18(28-2)24-16(23-17)10-12-8-9-14(21(25)26)20-19(12)13-6-4-3-5-7-15(13)22-20/h8-9,11,22H,3-7,10H2,1-2H3,(H,25,26). The molecule has 1 aromatic carbocycles. The molecule has 0 radical (unpaired) electrons. The highest BCUT2D eigenvalue weighted by Gasteiger charge is 2.22. The molecule has 0 amide bonds. The van der Waals surface area contributed by atoms with Crippen molar-refractivity contribution in [3.63, 3.8) is 0 Å². The molecule has 0 bridgehead atoms. The Balaban J connectivity index is 1.87. The summed E-state index contributed by atoms with van der Waals surface area (Å²) in [6.45, 7) is 0. The summed E-state index contributed by atoms with van der Waals surface area (Å²) in [4.78, 5) is 24.0. The van der Waals surface area contributed by atoms with Crippen LogP contribution in [0.4, 0.5) is 0 Å². The van der Waals surface area contributed by atoms with Gasteiger partial charge in [-0.15, -0.1) is 0 Å². The van der Waals surface area contributed by atoms with E-state index in [-0.39, 0.29) is 0 Å². The van der Waals surface area contributed by atoms with Crippen molar-refractivity contribution in [3.8, 4) is 11.8 Å². The molecule has 7 nitrogen and oxygen atoms in total. The highest BCUT2D eigenvalue weighted by Crippen LogP contribution is 2.34. The van der Waals surface area contributed by atoms with Gasteiger partial charge >= 0.3 is 5.97 Å². The Kier molecular flexibility index (Phi) is 4.90. The van der Waals surface area contributed by atoms with Crippen molar-refractivity contribution in [1.29, 1.82) is 0 Å². The van der Waals surface area contributed by atoms with E-state index in [1.807, 2.05) is 6.07 Å². The van der Waals surface area contributed by atoms with Gasteiger partial charge in [0.25, 0.3) is 0 Å². The second-order valence-corrected chi connectivity index (χ2v) is 7.02. The first-order valence-electron chi connectivity index (χ1n) is 9.45. The number of nitrogens with zero attached hydrogens (tertiary/aromatic N) is 2. The van der Waals surface area contributed by atoms with Gasteiger partial charge < -0.3 is 19.6 Å². The first-order chi connectivity index (χ1) is 13.6. The molecular weight excluding hydrogens is 358 g/mol. The molecule has 28 heavy (non-hydrogen) atoms. The van der Waals surface area contributed by atoms with Gasteiger partial charge in [0, 0.05) is 17.5 Å². The Hall–Kier alpha value is -3.09. The van der Waals surface area contributed by atoms with Crippen LogP contribution in [0.3, 0.4) is 0 Å². The number of carboxylic acids is 1. The van der Waals surface area contributed by atoms with Crippen molar-refractivity contribution in [1.82, 2.24) is 15.0 Å². The minimum atomic E-state index is -0.924. The maximum Gasteiger partial charge on any atom is 0.337 e. The number of H-pyrrole nitrogens is 1. The lowest BCUT2D eigenvalue weighted by atomic mass is 9.97. The molecular formula is C21H23N3O4. The minimum absolute atomic E-state index is 0.302. The number of carbonyl (C=O) groups is 1. The number of rotatable bonds is 5. The van der Waals surface area contributed by atoms with Gasteiger partial charge in [-0.2, -0.15) is 9.97 Å². The Bertz CT molecular complexity index is 1020. The molecule has 4 rings (SSSR count). The third-order valence-electron chi connectivity index (χ3n) is 5.31. The number of aromatic carboxylic acids is 1. The van der Waals surface area contributed by atoms with Crippen LogP contribution in [0.15, 0.2) is 18.2 Å². The highest BCUT2D eigenvalue weighted by atomic mass is 16.5. The predicted octanol–water partition coefficient (Wildman–Crippen LogP) is 3.53. The van der Waals surface area contributed by atoms with Crippen LogP contribution in [0, 0.1) is 0 Å². The average Bonchev–Trinajstić information content (AvgIpc) is 2.90. The van der Waals surface area contributed by atoms with Crippen LogP contribution >= 0.6 is 0 Å². The summed E-state index contributed by atoms with van der Waals surface area (Å²) in [6.07, 6.45) is 5.79. The van der Waals surface area contributed by atoms with E-state index in [9.17, 15) is 9.90 Å². The number of hydrogen-bond donors (Lipinski definition) is 2. The number of aromatic nitrogens is 3. The van der Waals surface area contributed by atoms with Crippen molar-refractivity contribution >= 4 is 16.9 Å². The first kappa shape index (κ1) is 18.3. The number of fused-ring (bicyclic) bond motifs is 3. The number of aromatic amines is 1. The minimum Gasteiger partial charge on any atom is -0.481 e. The summed E-state index contributed by atoms with van der Waals surface area (Å²) >= 11 is 0. The SMILES string of the molecule is COc1cc(OC)nc(Cc2ccc(C(=O)O)c3[nH]c4c(c23)CCCCC4)n1. The summed E-state index contributed by atoms with van der Waals surface area (Å²) in [7, 11) is 3.11. The molecule has 2 N–H and O–H groups in total. The van der Waals surface area contributed by atoms with Gasteiger partial charge in [0.05, 0.1) is 31.4 Å². The Morgan fingerprint density at radius 2 is 1.82 bits per heavy atom. The van der Waals surface area contributed by atoms with E-state index >= 15 is 0 Å². The molecule has 0 fully saturated rings. The van der Waals surface area contributed by atoms with Crippen LogP contribution in [0.25, 0.3) is 10.9 Å². The number of ether oxygens (including phenoxy) is 2. The third kappa shape index (κ3) is 3.28. The van der Waals surface area contributed by atoms with Crippen LogP contribution in [0.2, 0.25) is 0 Å². The lowest BCUT2D eigenvalue weighted by Gasteiger charge is -2.10. The Morgan fingerprint density at radius 1 is 1.11 bits per heavy atom. The zero-order valence-electron chi connectivity index (χ0n) is 16.0. The number of hydrogen-bond acceptors (Lipinski definition) is 5. The number of benzene rings is 1. The highest BCUT2D eigenvalue weighted by molar-refractivity contribution is 6.04. The zero-order valence-corrected chi connectivity index (χ0v) is 16.0. The molecule has 0 atom stereocenters. The number of aryl methyl sites for hydroxylation is 2. The van der Waals surface area contributed by atoms with E-state index in [1.54, 1.807) is 26.4 Å². The largest absolute Gasteiger partial charge is 0.481 e. The van der Waals surface area contributed by atoms with Crippen LogP contribution < -0.4 is 9.47 Å². The fraction of sp³-hybridized carbons (Fsp3) is 0.381. The molecule has 7 heteroatoms. The maximum absolute atomic E-state index is 11.8. The van der Waals surface area contributed by atoms with E-state index in [2.05, 4.69) is 15.0 Å². The molecule has 1 aliphatic carbocycles. The fourth-order valence-electron chi connectivity index (χ4n) is 4.00. The van der Waals surface area contributed by atoms with E-state index in [0.717, 1.165) is 42.3 Å². The average molecular weight is 381 g/mol. The molecule has 0 saturated heterocycles. The summed E-state index contributed by atoms with van der Waals surface area (Å²) in [5.41, 5.74) is 4.41. The smallest absolute Gasteiger partial charge is 0.337 e. The summed E-state index contributed by atoms with van der Waals surface area (Å²) in [5.74, 6) is 0.526. The van der Waals surface area contributed by atoms with Gasteiger partial charge in [0.1, 0.15) is 5.82 Å². The van der Waals surface area contributed by atoms with Crippen molar-refractivity contribution in [3.05, 3.63) is 46.4 Å². The summed E-state index contributed by atoms with van der Waals surface area (Å²) in [6, 6.07) is 5.17. The van der Waals surface area contributed by atoms with Crippen molar-refractivity contribution in [2.24, 2.45) is 0 Å². The van der Waals surface area contributed by atoms with E-state index < -0.39 is 5.97 Å². The van der Waals surface area contributed by atoms with Crippen LogP contribution in [0.5, 0.6) is 11.8 Å². The van der Waals surface area contributed by atoms with Gasteiger partial charge in [-0.3, -0.25) is 0 Å². The van der Waals surface area contributed by atoms with Crippen molar-refractivity contribution in [2.75, 3.05) is 14.2 Å². The zero-order chi connectivity index (χ0) is 19.7. The molecule has 2 heterocycles. The molecule has 0 spiro atoms. The van der Waals surface area contributed by atoms with E-state index in [0.29, 0.717) is 35.1 Å². The van der Waals surface area contributed by atoms with E-state index in [1.165, 1.54) is 12.0 Å². The maximum atomic E-state index is 11.8. The normalized spacial score (nSPS) is 13.8. The second-order valence-electron chi connectivity index (χ2n) is 7.02. The fourth-order valence-corrected chi connectivity index (χ4v) is 4.00. The van der Waals surface area contributed by atoms with Gasteiger partial charge in [0.15, 0.2) is 0 Å². The molecule has 2 aromatic heterocycles. The molecule has 1 aliphatic rings. The first-order valence-corrected chi connectivity index (χ1v) is 9.45. The summed E-state index contributed by atoms with van der Waals surface area (Å²) < 4.78 is 10.5. The lowest BCUT2D eigenvalue weighted by molar-refractivity contribution is 0.0699. The number of carboxylic acid groups (broad SMARTS) is 1. The Morgan fingerprint density at radius 3 is 2.50 bits per heavy atom. The predicted molar refractivity (Wildman–Crippen MR) is 104 cm³/mol. The van der Waals surface area contributed by atoms with Crippen LogP contribution in [-0.4, -0.2) is 40.2 Å². The van der Waals surface area contributed by atoms with Gasteiger partial charge in [0.2, 0.25) is 11.8 Å². The van der Waals surface area contributed by atoms with Crippen LogP contribution in [-0.2, 0) is 19.3 Å². The monoisotopic (exact) mass is 381 g/mol. The van der Waals surface area contributed by atoms with Gasteiger partial charge in [-0.25, -0.2) is 4.79 Å². The van der Waals surface area contributed by atoms with Gasteiger partial charge in [-0.05, 0) is 42.9 Å². The Labute approximate surface area is 162 Å². The quantitative estimate of drug-likeness (QED) is 0.656. The van der Waals surface area contributed by atoms with E-state index in [4.69, 9.17) is 9.47 Å². The van der Waals surface area contributed by atoms with Gasteiger partial charge in [-0.1, -0.05) is 12.5 Å². The second kappa shape index (κ2) is 7.50. The summed E-state index contributed by atoms with van der Waals surface area (Å²) in [5, 5.41) is 10.6. The molecule has 0 saturated carbocycles. The third-order valence-corrected chi connectivity index (χ3v) is 5.31. The van der Waals surface area contributed by atoms with Crippen molar-refractivity contribution < 1.29 is 19.4 Å². The number of nitrogens with one attached hydrogen (secondary N) is 1. The van der Waals surface area contributed by atoms with Crippen LogP contribution in [0.1, 0.15) is 52.3 Å². The number of methoxy groups -OCH3 is 2. The molecule has 3 aromatic rings. The van der Waals surface area contributed by atoms with Crippen molar-refractivity contribution in [2.45, 2.75) is 38.5 Å². The molecule has 0 unspecified atom stereocenters.